The first-order chi connectivity index (χ1) is 5.85. The van der Waals surface area contributed by atoms with Gasteiger partial charge < -0.3 is 5.11 Å². The molecule has 0 radical (unpaired) electrons. The van der Waals surface area contributed by atoms with E-state index in [4.69, 9.17) is 0 Å². The molecular formula is C12H22O. The Morgan fingerprint density at radius 3 is 2.38 bits per heavy atom. The summed E-state index contributed by atoms with van der Waals surface area (Å²) in [7, 11) is 0. The van der Waals surface area contributed by atoms with E-state index in [2.05, 4.69) is 33.8 Å². The van der Waals surface area contributed by atoms with Gasteiger partial charge in [0, 0.05) is 0 Å². The molecular weight excluding hydrogens is 160 g/mol. The Kier molecular flexibility index (Phi) is 2.86. The van der Waals surface area contributed by atoms with Crippen LogP contribution in [-0.4, -0.2) is 11.2 Å². The average Bonchev–Trinajstić information content (AvgIpc) is 2.36. The molecule has 1 saturated carbocycles. The van der Waals surface area contributed by atoms with Gasteiger partial charge in [-0.1, -0.05) is 25.5 Å². The first-order valence-corrected chi connectivity index (χ1v) is 5.18. The molecule has 1 N–H and O–H groups in total. The van der Waals surface area contributed by atoms with Crippen LogP contribution in [0, 0.1) is 17.3 Å². The van der Waals surface area contributed by atoms with Crippen LogP contribution in [0.25, 0.3) is 0 Å². The molecule has 0 spiro atoms. The van der Waals surface area contributed by atoms with Crippen molar-refractivity contribution in [3.8, 4) is 0 Å². The summed E-state index contributed by atoms with van der Waals surface area (Å²) >= 11 is 0. The van der Waals surface area contributed by atoms with Crippen LogP contribution in [0.15, 0.2) is 11.6 Å². The minimum atomic E-state index is -0.153. The summed E-state index contributed by atoms with van der Waals surface area (Å²) in [5.41, 5.74) is 1.81. The Bertz CT molecular complexity index is 209. The van der Waals surface area contributed by atoms with Crippen LogP contribution in [0.3, 0.4) is 0 Å². The van der Waals surface area contributed by atoms with Crippen LogP contribution >= 0.6 is 0 Å². The van der Waals surface area contributed by atoms with E-state index >= 15 is 0 Å². The smallest absolute Gasteiger partial charge is 0.0515 e. The van der Waals surface area contributed by atoms with E-state index in [9.17, 15) is 5.11 Å². The minimum Gasteiger partial charge on any atom is -0.393 e. The zero-order valence-electron chi connectivity index (χ0n) is 9.46. The SMILES string of the molecule is CC(C)=CC1C(CC(C)O)C1(C)C. The molecule has 0 heterocycles. The third kappa shape index (κ3) is 2.34. The van der Waals surface area contributed by atoms with Crippen molar-refractivity contribution >= 4 is 0 Å². The molecule has 1 rings (SSSR count). The first-order valence-electron chi connectivity index (χ1n) is 5.18. The minimum absolute atomic E-state index is 0.153. The molecule has 1 aliphatic carbocycles. The van der Waals surface area contributed by atoms with E-state index in [1.807, 2.05) is 6.92 Å². The molecule has 1 heteroatoms. The Hall–Kier alpha value is -0.300. The molecule has 1 fully saturated rings. The number of aliphatic hydroxyl groups is 1. The molecule has 3 unspecified atom stereocenters. The molecule has 0 aromatic rings. The second kappa shape index (κ2) is 3.45. The van der Waals surface area contributed by atoms with Gasteiger partial charge in [-0.25, -0.2) is 0 Å². The van der Waals surface area contributed by atoms with Gasteiger partial charge in [0.2, 0.25) is 0 Å². The van der Waals surface area contributed by atoms with Gasteiger partial charge in [0.25, 0.3) is 0 Å². The Morgan fingerprint density at radius 1 is 1.46 bits per heavy atom. The lowest BCUT2D eigenvalue weighted by Gasteiger charge is -2.04. The van der Waals surface area contributed by atoms with Crippen LogP contribution in [0.2, 0.25) is 0 Å². The van der Waals surface area contributed by atoms with Gasteiger partial charge in [-0.3, -0.25) is 0 Å². The summed E-state index contributed by atoms with van der Waals surface area (Å²) in [4.78, 5) is 0. The van der Waals surface area contributed by atoms with Crippen LogP contribution in [-0.2, 0) is 0 Å². The number of rotatable bonds is 3. The number of hydrogen-bond acceptors (Lipinski definition) is 1. The van der Waals surface area contributed by atoms with Crippen molar-refractivity contribution in [2.45, 2.75) is 47.1 Å². The Labute approximate surface area is 81.9 Å². The van der Waals surface area contributed by atoms with Crippen LogP contribution in [0.4, 0.5) is 0 Å². The molecule has 1 aliphatic rings. The molecule has 0 aromatic heterocycles. The van der Waals surface area contributed by atoms with E-state index < -0.39 is 0 Å². The Morgan fingerprint density at radius 2 is 2.00 bits per heavy atom. The highest BCUT2D eigenvalue weighted by Gasteiger charge is 2.55. The van der Waals surface area contributed by atoms with E-state index in [-0.39, 0.29) is 6.10 Å². The molecule has 13 heavy (non-hydrogen) atoms. The number of aliphatic hydroxyl groups excluding tert-OH is 1. The van der Waals surface area contributed by atoms with Gasteiger partial charge in [-0.15, -0.1) is 0 Å². The topological polar surface area (TPSA) is 20.2 Å². The Balaban J connectivity index is 2.56. The molecule has 0 aliphatic heterocycles. The monoisotopic (exact) mass is 182 g/mol. The van der Waals surface area contributed by atoms with Crippen molar-refractivity contribution in [2.24, 2.45) is 17.3 Å². The number of hydrogen-bond donors (Lipinski definition) is 1. The summed E-state index contributed by atoms with van der Waals surface area (Å²) in [6, 6.07) is 0. The quantitative estimate of drug-likeness (QED) is 0.665. The maximum Gasteiger partial charge on any atom is 0.0515 e. The predicted octanol–water partition coefficient (Wildman–Crippen LogP) is 3.00. The van der Waals surface area contributed by atoms with Gasteiger partial charge in [-0.2, -0.15) is 0 Å². The van der Waals surface area contributed by atoms with Crippen molar-refractivity contribution in [3.63, 3.8) is 0 Å². The summed E-state index contributed by atoms with van der Waals surface area (Å²) in [6.07, 6.45) is 3.15. The van der Waals surface area contributed by atoms with Gasteiger partial charge in [0.1, 0.15) is 0 Å². The lowest BCUT2D eigenvalue weighted by atomic mass is 10.1. The fourth-order valence-electron chi connectivity index (χ4n) is 2.29. The maximum absolute atomic E-state index is 9.33. The third-order valence-electron chi connectivity index (χ3n) is 3.25. The van der Waals surface area contributed by atoms with Crippen molar-refractivity contribution in [1.29, 1.82) is 0 Å². The van der Waals surface area contributed by atoms with Crippen molar-refractivity contribution < 1.29 is 5.11 Å². The summed E-state index contributed by atoms with van der Waals surface area (Å²) in [5.74, 6) is 1.37. The van der Waals surface area contributed by atoms with Crippen molar-refractivity contribution in [3.05, 3.63) is 11.6 Å². The van der Waals surface area contributed by atoms with E-state index in [0.717, 1.165) is 6.42 Å². The van der Waals surface area contributed by atoms with Gasteiger partial charge >= 0.3 is 0 Å². The third-order valence-corrected chi connectivity index (χ3v) is 3.25. The summed E-state index contributed by atoms with van der Waals surface area (Å²) in [6.45, 7) is 10.8. The molecule has 0 bridgehead atoms. The second-order valence-corrected chi connectivity index (χ2v) is 5.28. The average molecular weight is 182 g/mol. The van der Waals surface area contributed by atoms with E-state index in [1.165, 1.54) is 5.57 Å². The van der Waals surface area contributed by atoms with Crippen LogP contribution < -0.4 is 0 Å². The maximum atomic E-state index is 9.33. The highest BCUT2D eigenvalue weighted by atomic mass is 16.3. The highest BCUT2D eigenvalue weighted by molar-refractivity contribution is 5.17. The molecule has 0 amide bonds. The standard InChI is InChI=1S/C12H22O/c1-8(2)6-10-11(7-9(3)13)12(10,4)5/h6,9-11,13H,7H2,1-5H3. The lowest BCUT2D eigenvalue weighted by Crippen LogP contribution is -2.03. The molecule has 1 nitrogen and oxygen atoms in total. The molecule has 0 saturated heterocycles. The largest absolute Gasteiger partial charge is 0.393 e. The van der Waals surface area contributed by atoms with Gasteiger partial charge in [0.15, 0.2) is 0 Å². The zero-order chi connectivity index (χ0) is 10.2. The molecule has 0 aromatic carbocycles. The van der Waals surface area contributed by atoms with Gasteiger partial charge in [0.05, 0.1) is 6.10 Å². The molecule has 76 valence electrons. The zero-order valence-corrected chi connectivity index (χ0v) is 9.46. The second-order valence-electron chi connectivity index (χ2n) is 5.28. The predicted molar refractivity (Wildman–Crippen MR) is 56.5 cm³/mol. The highest BCUT2D eigenvalue weighted by Crippen LogP contribution is 2.61. The summed E-state index contributed by atoms with van der Waals surface area (Å²) < 4.78 is 0. The first kappa shape index (κ1) is 10.8. The van der Waals surface area contributed by atoms with Gasteiger partial charge in [-0.05, 0) is 44.4 Å². The van der Waals surface area contributed by atoms with Crippen molar-refractivity contribution in [2.75, 3.05) is 0 Å². The fourth-order valence-corrected chi connectivity index (χ4v) is 2.29. The normalized spacial score (nSPS) is 32.5. The molecule has 3 atom stereocenters. The van der Waals surface area contributed by atoms with Crippen LogP contribution in [0.5, 0.6) is 0 Å². The lowest BCUT2D eigenvalue weighted by molar-refractivity contribution is 0.171. The van der Waals surface area contributed by atoms with Crippen LogP contribution in [0.1, 0.15) is 41.0 Å². The summed E-state index contributed by atoms with van der Waals surface area (Å²) in [5, 5.41) is 9.33. The number of allylic oxidation sites excluding steroid dienone is 2. The van der Waals surface area contributed by atoms with Crippen molar-refractivity contribution in [1.82, 2.24) is 0 Å². The van der Waals surface area contributed by atoms with E-state index in [1.54, 1.807) is 0 Å². The van der Waals surface area contributed by atoms with E-state index in [0.29, 0.717) is 17.3 Å². The fraction of sp³-hybridized carbons (Fsp3) is 0.833.